The van der Waals surface area contributed by atoms with Crippen LogP contribution in [0.1, 0.15) is 35.5 Å². The van der Waals surface area contributed by atoms with E-state index in [0.29, 0.717) is 11.3 Å². The Morgan fingerprint density at radius 2 is 1.73 bits per heavy atom. The van der Waals surface area contributed by atoms with Gasteiger partial charge in [0.2, 0.25) is 0 Å². The van der Waals surface area contributed by atoms with Gasteiger partial charge in [-0.25, -0.2) is 9.69 Å². The molecule has 37 heavy (non-hydrogen) atoms. The highest BCUT2D eigenvalue weighted by Crippen LogP contribution is 2.34. The van der Waals surface area contributed by atoms with Gasteiger partial charge in [0.1, 0.15) is 17.0 Å². The van der Waals surface area contributed by atoms with Crippen LogP contribution in [0, 0.1) is 6.92 Å². The molecule has 2 aromatic carbocycles. The maximum Gasteiger partial charge on any atom is 0.573 e. The molecule has 0 aliphatic carbocycles. The van der Waals surface area contributed by atoms with Crippen LogP contribution >= 0.6 is 0 Å². The lowest BCUT2D eigenvalue weighted by molar-refractivity contribution is -0.274. The van der Waals surface area contributed by atoms with Crippen molar-refractivity contribution in [2.75, 3.05) is 10.2 Å². The number of alkyl halides is 3. The van der Waals surface area contributed by atoms with Crippen LogP contribution in [0.3, 0.4) is 0 Å². The number of aryl methyl sites for hydroxylation is 1. The lowest BCUT2D eigenvalue weighted by atomic mass is 10.0. The second-order valence-corrected chi connectivity index (χ2v) is 8.93. The highest BCUT2D eigenvalue weighted by molar-refractivity contribution is 6.23. The molecule has 8 nitrogen and oxygen atoms in total. The summed E-state index contributed by atoms with van der Waals surface area (Å²) in [6.45, 7) is 5.00. The number of benzene rings is 2. The molecule has 1 saturated heterocycles. The van der Waals surface area contributed by atoms with Crippen LogP contribution in [0.2, 0.25) is 0 Å². The number of ether oxygens (including phenoxy) is 1. The van der Waals surface area contributed by atoms with E-state index in [1.54, 1.807) is 32.0 Å². The first-order chi connectivity index (χ1) is 17.4. The third kappa shape index (κ3) is 5.40. The van der Waals surface area contributed by atoms with Gasteiger partial charge in [-0.3, -0.25) is 14.6 Å². The summed E-state index contributed by atoms with van der Waals surface area (Å²) in [6, 6.07) is 14.3. The Bertz CT molecular complexity index is 1360. The van der Waals surface area contributed by atoms with Crippen molar-refractivity contribution in [3.63, 3.8) is 0 Å². The number of amides is 4. The van der Waals surface area contributed by atoms with Crippen LogP contribution in [-0.4, -0.2) is 39.6 Å². The minimum absolute atomic E-state index is 0.00347. The molecular formula is C26H23F3N4O4. The Hall–Kier alpha value is -4.41. The first-order valence-corrected chi connectivity index (χ1v) is 11.2. The number of anilines is 2. The van der Waals surface area contributed by atoms with Gasteiger partial charge in [0.15, 0.2) is 0 Å². The van der Waals surface area contributed by atoms with Crippen LogP contribution in [0.5, 0.6) is 5.75 Å². The molecule has 1 aliphatic rings. The number of rotatable bonds is 6. The molecule has 1 aliphatic heterocycles. The lowest BCUT2D eigenvalue weighted by Gasteiger charge is -2.27. The summed E-state index contributed by atoms with van der Waals surface area (Å²) in [5, 5.41) is 2.80. The third-order valence-electron chi connectivity index (χ3n) is 5.94. The molecule has 0 saturated carbocycles. The number of urea groups is 1. The molecule has 0 bridgehead atoms. The standard InChI is InChI=1S/C26H23F3N4O4/c1-16-6-4-5-7-20(16)31-22(34)21-14-17(12-13-30-21)15-32-24(36)33(23(35)25(32,2)3)18-8-10-19(11-9-18)37-26(27,28)29/h4-14H,15H2,1-3H3,(H,31,34). The van der Waals surface area contributed by atoms with Crippen molar-refractivity contribution >= 4 is 29.2 Å². The number of carbonyl (C=O) groups is 3. The van der Waals surface area contributed by atoms with Gasteiger partial charge in [-0.05, 0) is 74.4 Å². The van der Waals surface area contributed by atoms with Crippen LogP contribution in [-0.2, 0) is 11.3 Å². The minimum atomic E-state index is -4.86. The zero-order chi connectivity index (χ0) is 27.0. The van der Waals surface area contributed by atoms with Gasteiger partial charge in [0.05, 0.1) is 5.69 Å². The molecule has 0 radical (unpaired) electrons. The maximum atomic E-state index is 13.3. The van der Waals surface area contributed by atoms with Gasteiger partial charge >= 0.3 is 12.4 Å². The highest BCUT2D eigenvalue weighted by Gasteiger charge is 2.51. The predicted molar refractivity (Wildman–Crippen MR) is 129 cm³/mol. The zero-order valence-electron chi connectivity index (χ0n) is 20.2. The average Bonchev–Trinajstić information content (AvgIpc) is 2.99. The summed E-state index contributed by atoms with van der Waals surface area (Å²) in [6.07, 6.45) is -3.42. The molecule has 11 heteroatoms. The molecule has 1 aromatic heterocycles. The molecule has 192 valence electrons. The molecule has 4 amide bonds. The van der Waals surface area contributed by atoms with E-state index < -0.39 is 35.5 Å². The topological polar surface area (TPSA) is 91.8 Å². The number of nitrogens with zero attached hydrogens (tertiary/aromatic N) is 3. The summed E-state index contributed by atoms with van der Waals surface area (Å²) < 4.78 is 41.2. The Labute approximate surface area is 210 Å². The molecular weight excluding hydrogens is 489 g/mol. The second-order valence-electron chi connectivity index (χ2n) is 8.93. The van der Waals surface area contributed by atoms with Crippen molar-refractivity contribution in [3.05, 3.63) is 83.7 Å². The molecule has 3 aromatic rings. The maximum absolute atomic E-state index is 13.3. The molecule has 0 unspecified atom stereocenters. The largest absolute Gasteiger partial charge is 0.573 e. The van der Waals surface area contributed by atoms with Crippen LogP contribution in [0.4, 0.5) is 29.3 Å². The normalized spacial score (nSPS) is 15.2. The number of carbonyl (C=O) groups excluding carboxylic acids is 3. The van der Waals surface area contributed by atoms with E-state index in [9.17, 15) is 27.6 Å². The second kappa shape index (κ2) is 9.57. The fourth-order valence-electron chi connectivity index (χ4n) is 3.90. The van der Waals surface area contributed by atoms with E-state index in [2.05, 4.69) is 15.0 Å². The SMILES string of the molecule is Cc1ccccc1NC(=O)c1cc(CN2C(=O)N(c3ccc(OC(F)(F)F)cc3)C(=O)C2(C)C)ccn1. The fourth-order valence-corrected chi connectivity index (χ4v) is 3.90. The summed E-state index contributed by atoms with van der Waals surface area (Å²) >= 11 is 0. The number of pyridine rings is 1. The average molecular weight is 512 g/mol. The summed E-state index contributed by atoms with van der Waals surface area (Å²) in [5.41, 5.74) is 1.07. The van der Waals surface area contributed by atoms with Crippen molar-refractivity contribution in [1.82, 2.24) is 9.88 Å². The zero-order valence-corrected chi connectivity index (χ0v) is 20.2. The van der Waals surface area contributed by atoms with Gasteiger partial charge in [-0.2, -0.15) is 0 Å². The number of imide groups is 1. The van der Waals surface area contributed by atoms with Gasteiger partial charge in [-0.1, -0.05) is 18.2 Å². The van der Waals surface area contributed by atoms with Gasteiger partial charge in [-0.15, -0.1) is 13.2 Å². The number of para-hydroxylation sites is 1. The number of nitrogens with one attached hydrogen (secondary N) is 1. The van der Waals surface area contributed by atoms with E-state index in [1.807, 2.05) is 19.1 Å². The molecule has 1 N–H and O–H groups in total. The van der Waals surface area contributed by atoms with Crippen LogP contribution in [0.25, 0.3) is 0 Å². The van der Waals surface area contributed by atoms with Crippen LogP contribution < -0.4 is 15.0 Å². The minimum Gasteiger partial charge on any atom is -0.406 e. The first-order valence-electron chi connectivity index (χ1n) is 11.2. The molecule has 0 spiro atoms. The Kier molecular flexibility index (Phi) is 6.64. The third-order valence-corrected chi connectivity index (χ3v) is 5.94. The number of halogens is 3. The van der Waals surface area contributed by atoms with Crippen molar-refractivity contribution in [2.45, 2.75) is 39.2 Å². The van der Waals surface area contributed by atoms with Gasteiger partial charge in [0.25, 0.3) is 11.8 Å². The van der Waals surface area contributed by atoms with Gasteiger partial charge < -0.3 is 15.0 Å². The monoisotopic (exact) mass is 512 g/mol. The highest BCUT2D eigenvalue weighted by atomic mass is 19.4. The Morgan fingerprint density at radius 3 is 2.38 bits per heavy atom. The first kappa shape index (κ1) is 25.7. The van der Waals surface area contributed by atoms with Crippen molar-refractivity contribution in [1.29, 1.82) is 0 Å². The van der Waals surface area contributed by atoms with E-state index >= 15 is 0 Å². The van der Waals surface area contributed by atoms with Crippen molar-refractivity contribution in [2.24, 2.45) is 0 Å². The number of hydrogen-bond acceptors (Lipinski definition) is 5. The quantitative estimate of drug-likeness (QED) is 0.454. The summed E-state index contributed by atoms with van der Waals surface area (Å²) in [7, 11) is 0. The fraction of sp³-hybridized carbons (Fsp3) is 0.231. The van der Waals surface area contributed by atoms with Crippen molar-refractivity contribution in [3.8, 4) is 5.75 Å². The number of hydrogen-bond donors (Lipinski definition) is 1. The Morgan fingerprint density at radius 1 is 1.05 bits per heavy atom. The summed E-state index contributed by atoms with van der Waals surface area (Å²) in [4.78, 5) is 45.5. The van der Waals surface area contributed by atoms with Crippen molar-refractivity contribution < 1.29 is 32.3 Å². The summed E-state index contributed by atoms with van der Waals surface area (Å²) in [5.74, 6) is -1.45. The van der Waals surface area contributed by atoms with Crippen LogP contribution in [0.15, 0.2) is 66.9 Å². The predicted octanol–water partition coefficient (Wildman–Crippen LogP) is 5.29. The van der Waals surface area contributed by atoms with E-state index in [-0.39, 0.29) is 17.9 Å². The molecule has 1 fully saturated rings. The Balaban J connectivity index is 1.53. The van der Waals surface area contributed by atoms with E-state index in [4.69, 9.17) is 0 Å². The van der Waals surface area contributed by atoms with E-state index in [1.165, 1.54) is 29.3 Å². The number of aromatic nitrogens is 1. The lowest BCUT2D eigenvalue weighted by Crippen LogP contribution is -2.43. The molecule has 4 rings (SSSR count). The smallest absolute Gasteiger partial charge is 0.406 e. The van der Waals surface area contributed by atoms with E-state index in [0.717, 1.165) is 22.6 Å². The molecule has 2 heterocycles. The molecule has 0 atom stereocenters. The van der Waals surface area contributed by atoms with Gasteiger partial charge in [0, 0.05) is 18.4 Å².